The zero-order valence-corrected chi connectivity index (χ0v) is 14.7. The van der Waals surface area contributed by atoms with Gasteiger partial charge in [-0.2, -0.15) is 5.10 Å². The maximum Gasteiger partial charge on any atom is 0.260 e. The van der Waals surface area contributed by atoms with Gasteiger partial charge in [-0.3, -0.25) is 9.48 Å². The van der Waals surface area contributed by atoms with Crippen molar-refractivity contribution >= 4 is 17.5 Å². The molecule has 0 aliphatic carbocycles. The number of rotatable bonds is 6. The van der Waals surface area contributed by atoms with Gasteiger partial charge in [-0.1, -0.05) is 23.7 Å². The number of nitrogens with zero attached hydrogens (tertiary/aromatic N) is 3. The lowest BCUT2D eigenvalue weighted by Gasteiger charge is -2.32. The van der Waals surface area contributed by atoms with Gasteiger partial charge in [0.25, 0.3) is 5.91 Å². The number of aromatic nitrogens is 2. The Bertz CT molecular complexity index is 719. The van der Waals surface area contributed by atoms with E-state index in [4.69, 9.17) is 21.4 Å². The first-order valence-electron chi connectivity index (χ1n) is 8.46. The van der Waals surface area contributed by atoms with Crippen molar-refractivity contribution in [1.29, 1.82) is 0 Å². The number of carbonyl (C=O) groups excluding carboxylic acids is 1. The molecule has 0 spiro atoms. The van der Waals surface area contributed by atoms with Crippen LogP contribution in [0.1, 0.15) is 24.5 Å². The highest BCUT2D eigenvalue weighted by molar-refractivity contribution is 6.32. The predicted octanol–water partition coefficient (Wildman–Crippen LogP) is 2.31. The smallest absolute Gasteiger partial charge is 0.260 e. The second-order valence-electron chi connectivity index (χ2n) is 6.13. The molecule has 1 aromatic heterocycles. The number of aliphatic hydroxyl groups excluding tert-OH is 1. The van der Waals surface area contributed by atoms with Crippen molar-refractivity contribution in [2.24, 2.45) is 0 Å². The molecule has 6 nitrogen and oxygen atoms in total. The summed E-state index contributed by atoms with van der Waals surface area (Å²) in [5.74, 6) is 0.700. The second-order valence-corrected chi connectivity index (χ2v) is 6.53. The summed E-state index contributed by atoms with van der Waals surface area (Å²) in [6.07, 6.45) is 3.81. The number of hydrogen-bond donors (Lipinski definition) is 1. The van der Waals surface area contributed by atoms with Gasteiger partial charge in [0.05, 0.1) is 23.9 Å². The van der Waals surface area contributed by atoms with Crippen LogP contribution in [-0.4, -0.2) is 52.0 Å². The lowest BCUT2D eigenvalue weighted by atomic mass is 9.95. The third kappa shape index (κ3) is 4.52. The SMILES string of the molecule is O=C(COc1ccccc1Cl)N1CCCC(c2ccn(CCO)n2)C1. The molecule has 1 amide bonds. The van der Waals surface area contributed by atoms with E-state index in [0.717, 1.165) is 25.1 Å². The van der Waals surface area contributed by atoms with Gasteiger partial charge in [0.1, 0.15) is 5.75 Å². The van der Waals surface area contributed by atoms with Gasteiger partial charge in [-0.05, 0) is 31.0 Å². The molecule has 1 aromatic carbocycles. The highest BCUT2D eigenvalue weighted by atomic mass is 35.5. The molecule has 0 bridgehead atoms. The summed E-state index contributed by atoms with van der Waals surface area (Å²) in [7, 11) is 0. The molecule has 7 heteroatoms. The van der Waals surface area contributed by atoms with Crippen molar-refractivity contribution in [3.05, 3.63) is 47.2 Å². The summed E-state index contributed by atoms with van der Waals surface area (Å²) < 4.78 is 7.29. The Kier molecular flexibility index (Phi) is 5.94. The minimum atomic E-state index is -0.0422. The molecule has 1 saturated heterocycles. The Labute approximate surface area is 152 Å². The quantitative estimate of drug-likeness (QED) is 0.855. The van der Waals surface area contributed by atoms with E-state index in [-0.39, 0.29) is 25.0 Å². The van der Waals surface area contributed by atoms with Crippen LogP contribution in [0.5, 0.6) is 5.75 Å². The second kappa shape index (κ2) is 8.36. The Morgan fingerprint density at radius 2 is 2.20 bits per heavy atom. The maximum absolute atomic E-state index is 12.5. The van der Waals surface area contributed by atoms with Gasteiger partial charge in [0, 0.05) is 25.2 Å². The standard InChI is InChI=1S/C18H22ClN3O3/c19-15-5-1-2-6-17(15)25-13-18(24)21-8-3-4-14(12-21)16-7-9-22(20-16)10-11-23/h1-2,5-7,9,14,23H,3-4,8,10-13H2. The first kappa shape index (κ1) is 17.8. The van der Waals surface area contributed by atoms with Gasteiger partial charge in [0.2, 0.25) is 0 Å². The minimum Gasteiger partial charge on any atom is -0.482 e. The Morgan fingerprint density at radius 3 is 3.00 bits per heavy atom. The maximum atomic E-state index is 12.5. The number of hydrogen-bond acceptors (Lipinski definition) is 4. The molecule has 1 aliphatic rings. The molecule has 2 aromatic rings. The third-order valence-corrected chi connectivity index (χ3v) is 4.68. The van der Waals surface area contributed by atoms with Crippen LogP contribution in [0.2, 0.25) is 5.02 Å². The molecule has 0 radical (unpaired) electrons. The van der Waals surface area contributed by atoms with Crippen LogP contribution in [0, 0.1) is 0 Å². The van der Waals surface area contributed by atoms with Crippen LogP contribution >= 0.6 is 11.6 Å². The highest BCUT2D eigenvalue weighted by Crippen LogP contribution is 2.26. The molecule has 1 aliphatic heterocycles. The van der Waals surface area contributed by atoms with Crippen LogP contribution in [0.15, 0.2) is 36.5 Å². The molecule has 3 rings (SSSR count). The van der Waals surface area contributed by atoms with Crippen molar-refractivity contribution in [2.45, 2.75) is 25.3 Å². The van der Waals surface area contributed by atoms with E-state index in [1.165, 1.54) is 0 Å². The first-order chi connectivity index (χ1) is 12.2. The zero-order chi connectivity index (χ0) is 17.6. The lowest BCUT2D eigenvalue weighted by molar-refractivity contribution is -0.134. The predicted molar refractivity (Wildman–Crippen MR) is 94.8 cm³/mol. The fourth-order valence-electron chi connectivity index (χ4n) is 3.06. The highest BCUT2D eigenvalue weighted by Gasteiger charge is 2.26. The molecule has 1 atom stereocenters. The Balaban J connectivity index is 1.56. The topological polar surface area (TPSA) is 67.6 Å². The van der Waals surface area contributed by atoms with Crippen molar-refractivity contribution in [3.8, 4) is 5.75 Å². The average Bonchev–Trinajstić information content (AvgIpc) is 3.10. The molecule has 1 fully saturated rings. The molecule has 2 heterocycles. The number of para-hydroxylation sites is 1. The van der Waals surface area contributed by atoms with E-state index in [9.17, 15) is 4.79 Å². The number of benzene rings is 1. The van der Waals surface area contributed by atoms with Crippen LogP contribution < -0.4 is 4.74 Å². The molecule has 1 N–H and O–H groups in total. The minimum absolute atomic E-state index is 0.0184. The summed E-state index contributed by atoms with van der Waals surface area (Å²) in [6.45, 7) is 1.91. The summed E-state index contributed by atoms with van der Waals surface area (Å²) >= 11 is 6.05. The summed E-state index contributed by atoms with van der Waals surface area (Å²) in [5.41, 5.74) is 0.970. The largest absolute Gasteiger partial charge is 0.482 e. The fraction of sp³-hybridized carbons (Fsp3) is 0.444. The first-order valence-corrected chi connectivity index (χ1v) is 8.84. The van der Waals surface area contributed by atoms with Crippen molar-refractivity contribution in [3.63, 3.8) is 0 Å². The van der Waals surface area contributed by atoms with Crippen molar-refractivity contribution in [2.75, 3.05) is 26.3 Å². The van der Waals surface area contributed by atoms with E-state index in [2.05, 4.69) is 5.10 Å². The molecule has 1 unspecified atom stereocenters. The van der Waals surface area contributed by atoms with E-state index < -0.39 is 0 Å². The monoisotopic (exact) mass is 363 g/mol. The van der Waals surface area contributed by atoms with Crippen LogP contribution in [0.4, 0.5) is 0 Å². The zero-order valence-electron chi connectivity index (χ0n) is 14.0. The number of halogens is 1. The number of amides is 1. The van der Waals surface area contributed by atoms with Gasteiger partial charge in [-0.25, -0.2) is 0 Å². The van der Waals surface area contributed by atoms with Gasteiger partial charge in [0.15, 0.2) is 6.61 Å². The molecule has 134 valence electrons. The number of aliphatic hydroxyl groups is 1. The third-order valence-electron chi connectivity index (χ3n) is 4.37. The number of carbonyl (C=O) groups is 1. The molecular formula is C18H22ClN3O3. The average molecular weight is 364 g/mol. The van der Waals surface area contributed by atoms with E-state index in [1.807, 2.05) is 29.3 Å². The fourth-order valence-corrected chi connectivity index (χ4v) is 3.25. The normalized spacial score (nSPS) is 17.5. The van der Waals surface area contributed by atoms with Crippen LogP contribution in [0.3, 0.4) is 0 Å². The molecule has 0 saturated carbocycles. The van der Waals surface area contributed by atoms with Gasteiger partial charge >= 0.3 is 0 Å². The van der Waals surface area contributed by atoms with E-state index in [0.29, 0.717) is 23.9 Å². The van der Waals surface area contributed by atoms with E-state index >= 15 is 0 Å². The van der Waals surface area contributed by atoms with E-state index in [1.54, 1.807) is 16.8 Å². The Morgan fingerprint density at radius 1 is 1.36 bits per heavy atom. The number of likely N-dealkylation sites (tertiary alicyclic amines) is 1. The molecule has 25 heavy (non-hydrogen) atoms. The number of piperidine rings is 1. The van der Waals surface area contributed by atoms with Crippen molar-refractivity contribution in [1.82, 2.24) is 14.7 Å². The summed E-state index contributed by atoms with van der Waals surface area (Å²) in [5, 5.41) is 14.0. The van der Waals surface area contributed by atoms with Crippen LogP contribution in [0.25, 0.3) is 0 Å². The number of ether oxygens (including phenoxy) is 1. The van der Waals surface area contributed by atoms with Crippen molar-refractivity contribution < 1.29 is 14.6 Å². The molecular weight excluding hydrogens is 342 g/mol. The van der Waals surface area contributed by atoms with Gasteiger partial charge in [-0.15, -0.1) is 0 Å². The summed E-state index contributed by atoms with van der Waals surface area (Å²) in [4.78, 5) is 14.3. The van der Waals surface area contributed by atoms with Crippen LogP contribution in [-0.2, 0) is 11.3 Å². The Hall–Kier alpha value is -2.05. The van der Waals surface area contributed by atoms with Gasteiger partial charge < -0.3 is 14.7 Å². The summed E-state index contributed by atoms with van der Waals surface area (Å²) in [6, 6.07) is 9.10. The lowest BCUT2D eigenvalue weighted by Crippen LogP contribution is -2.41.